The van der Waals surface area contributed by atoms with Crippen molar-refractivity contribution in [2.75, 3.05) is 38.6 Å². The summed E-state index contributed by atoms with van der Waals surface area (Å²) in [6, 6.07) is 8.74. The van der Waals surface area contributed by atoms with E-state index in [-0.39, 0.29) is 18.0 Å². The molecule has 1 fully saturated rings. The Bertz CT molecular complexity index is 654. The van der Waals surface area contributed by atoms with E-state index in [1.807, 2.05) is 32.7 Å². The highest BCUT2D eigenvalue weighted by Crippen LogP contribution is 2.23. The highest BCUT2D eigenvalue weighted by atomic mass is 16.2. The zero-order valence-electron chi connectivity index (χ0n) is 18.4. The molecule has 1 heterocycles. The van der Waals surface area contributed by atoms with E-state index in [4.69, 9.17) is 0 Å². The van der Waals surface area contributed by atoms with E-state index in [1.165, 1.54) is 24.1 Å². The minimum atomic E-state index is -0.233. The van der Waals surface area contributed by atoms with Gasteiger partial charge in [-0.25, -0.2) is 0 Å². The topological polar surface area (TPSA) is 60.0 Å². The van der Waals surface area contributed by atoms with Crippen LogP contribution in [-0.4, -0.2) is 56.0 Å². The number of guanidine groups is 1. The Hall–Kier alpha value is -2.24. The molecule has 0 radical (unpaired) electrons. The summed E-state index contributed by atoms with van der Waals surface area (Å²) in [5, 5.41) is 6.32. The highest BCUT2D eigenvalue weighted by Gasteiger charge is 2.17. The van der Waals surface area contributed by atoms with Crippen molar-refractivity contribution in [1.29, 1.82) is 0 Å². The normalized spacial score (nSPS) is 16.1. The molecule has 0 aliphatic carbocycles. The quantitative estimate of drug-likeness (QED) is 0.602. The zero-order chi connectivity index (χ0) is 20.7. The van der Waals surface area contributed by atoms with Crippen molar-refractivity contribution in [2.24, 2.45) is 10.9 Å². The van der Waals surface area contributed by atoms with Gasteiger partial charge in [-0.2, -0.15) is 0 Å². The van der Waals surface area contributed by atoms with Crippen molar-refractivity contribution in [3.63, 3.8) is 0 Å². The van der Waals surface area contributed by atoms with E-state index in [0.29, 0.717) is 12.5 Å². The molecule has 0 atom stereocenters. The van der Waals surface area contributed by atoms with Gasteiger partial charge in [0.1, 0.15) is 0 Å². The van der Waals surface area contributed by atoms with Crippen LogP contribution in [0.1, 0.15) is 46.1 Å². The fourth-order valence-corrected chi connectivity index (χ4v) is 3.41. The molecule has 2 N–H and O–H groups in total. The summed E-state index contributed by atoms with van der Waals surface area (Å²) in [6.07, 6.45) is 2.55. The summed E-state index contributed by atoms with van der Waals surface area (Å²) in [4.78, 5) is 20.7. The van der Waals surface area contributed by atoms with E-state index in [1.54, 1.807) is 7.05 Å². The van der Waals surface area contributed by atoms with Gasteiger partial charge in [0.15, 0.2) is 5.96 Å². The molecule has 1 amide bonds. The van der Waals surface area contributed by atoms with Crippen molar-refractivity contribution in [1.82, 2.24) is 15.5 Å². The lowest BCUT2D eigenvalue weighted by Gasteiger charge is -2.32. The van der Waals surface area contributed by atoms with Crippen molar-refractivity contribution in [3.05, 3.63) is 29.8 Å². The van der Waals surface area contributed by atoms with Crippen molar-refractivity contribution in [3.8, 4) is 0 Å². The summed E-state index contributed by atoms with van der Waals surface area (Å²) in [5.41, 5.74) is 2.27. The Kier molecular flexibility index (Phi) is 7.72. The number of benzene rings is 1. The lowest BCUT2D eigenvalue weighted by atomic mass is 9.99. The van der Waals surface area contributed by atoms with Gasteiger partial charge in [-0.05, 0) is 57.2 Å². The third-order valence-electron chi connectivity index (χ3n) is 5.00. The molecular weight excluding hydrogens is 350 g/mol. The molecule has 28 heavy (non-hydrogen) atoms. The number of likely N-dealkylation sites (N-methyl/N-ethyl adjacent to an activating group) is 1. The second kappa shape index (κ2) is 9.80. The summed E-state index contributed by atoms with van der Waals surface area (Å²) in [7, 11) is 3.61. The van der Waals surface area contributed by atoms with Gasteiger partial charge in [-0.15, -0.1) is 0 Å². The molecule has 1 aromatic carbocycles. The smallest absolute Gasteiger partial charge is 0.240 e. The van der Waals surface area contributed by atoms with Crippen LogP contribution in [0.25, 0.3) is 0 Å². The fourth-order valence-electron chi connectivity index (χ4n) is 3.41. The minimum absolute atomic E-state index is 0.0156. The molecule has 0 aromatic heterocycles. The van der Waals surface area contributed by atoms with Gasteiger partial charge in [0.25, 0.3) is 0 Å². The second-order valence-electron chi connectivity index (χ2n) is 8.89. The predicted molar refractivity (Wildman–Crippen MR) is 118 cm³/mol. The molecule has 1 aliphatic heterocycles. The molecule has 1 saturated heterocycles. The van der Waals surface area contributed by atoms with Crippen LogP contribution in [0.3, 0.4) is 0 Å². The highest BCUT2D eigenvalue weighted by molar-refractivity contribution is 5.86. The van der Waals surface area contributed by atoms with Crippen LogP contribution in [0.2, 0.25) is 0 Å². The number of anilines is 1. The molecule has 156 valence electrons. The molecule has 6 heteroatoms. The van der Waals surface area contributed by atoms with E-state index in [2.05, 4.69) is 51.7 Å². The van der Waals surface area contributed by atoms with Crippen LogP contribution in [0, 0.1) is 5.92 Å². The van der Waals surface area contributed by atoms with Gasteiger partial charge >= 0.3 is 0 Å². The third-order valence-corrected chi connectivity index (χ3v) is 5.00. The first kappa shape index (κ1) is 22.1. The van der Waals surface area contributed by atoms with Crippen LogP contribution >= 0.6 is 0 Å². The van der Waals surface area contributed by atoms with Crippen LogP contribution < -0.4 is 15.5 Å². The number of carbonyl (C=O) groups excluding carboxylic acids is 1. The number of nitrogens with zero attached hydrogens (tertiary/aromatic N) is 3. The van der Waals surface area contributed by atoms with E-state index >= 15 is 0 Å². The van der Waals surface area contributed by atoms with Crippen molar-refractivity contribution < 1.29 is 4.79 Å². The molecule has 0 spiro atoms. The first-order valence-electron chi connectivity index (χ1n) is 10.2. The number of hydrogen-bond donors (Lipinski definition) is 2. The SMILES string of the molecule is CN=C(NCc1ccc(N2CCC(C)CC2)cc1)N(C)CC(=O)NC(C)(C)C. The van der Waals surface area contributed by atoms with Gasteiger partial charge in [0.2, 0.25) is 5.91 Å². The standard InChI is InChI=1S/C22H37N5O/c1-17-11-13-27(14-12-17)19-9-7-18(8-10-19)15-24-21(23-5)26(6)16-20(28)25-22(2,3)4/h7-10,17H,11-16H2,1-6H3,(H,23,24)(H,25,28). The second-order valence-corrected chi connectivity index (χ2v) is 8.89. The molecular formula is C22H37N5O. The van der Waals surface area contributed by atoms with Gasteiger partial charge < -0.3 is 20.4 Å². The maximum absolute atomic E-state index is 12.1. The lowest BCUT2D eigenvalue weighted by Crippen LogP contribution is -2.48. The average Bonchev–Trinajstić information content (AvgIpc) is 2.62. The van der Waals surface area contributed by atoms with Gasteiger partial charge in [0, 0.05) is 45.0 Å². The molecule has 0 saturated carbocycles. The first-order chi connectivity index (χ1) is 13.2. The Labute approximate surface area is 170 Å². The number of nitrogens with one attached hydrogen (secondary N) is 2. The molecule has 0 unspecified atom stereocenters. The number of amides is 1. The zero-order valence-corrected chi connectivity index (χ0v) is 18.4. The number of aliphatic imine (C=N–C) groups is 1. The van der Waals surface area contributed by atoms with Gasteiger partial charge in [-0.1, -0.05) is 19.1 Å². The Balaban J connectivity index is 1.85. The molecule has 2 rings (SSSR count). The average molecular weight is 388 g/mol. The number of piperidine rings is 1. The van der Waals surface area contributed by atoms with Crippen LogP contribution in [0.4, 0.5) is 5.69 Å². The summed E-state index contributed by atoms with van der Waals surface area (Å²) >= 11 is 0. The maximum Gasteiger partial charge on any atom is 0.240 e. The van der Waals surface area contributed by atoms with Crippen LogP contribution in [0.5, 0.6) is 0 Å². The summed E-state index contributed by atoms with van der Waals surface area (Å²) < 4.78 is 0. The Morgan fingerprint density at radius 1 is 1.21 bits per heavy atom. The van der Waals surface area contributed by atoms with E-state index < -0.39 is 0 Å². The van der Waals surface area contributed by atoms with Gasteiger partial charge in [-0.3, -0.25) is 9.79 Å². The third kappa shape index (κ3) is 7.06. The van der Waals surface area contributed by atoms with Crippen LogP contribution in [-0.2, 0) is 11.3 Å². The maximum atomic E-state index is 12.1. The summed E-state index contributed by atoms with van der Waals surface area (Å²) in [6.45, 7) is 11.5. The van der Waals surface area contributed by atoms with Crippen LogP contribution in [0.15, 0.2) is 29.3 Å². The van der Waals surface area contributed by atoms with Gasteiger partial charge in [0.05, 0.1) is 6.54 Å². The fraction of sp³-hybridized carbons (Fsp3) is 0.636. The lowest BCUT2D eigenvalue weighted by molar-refractivity contribution is -0.122. The minimum Gasteiger partial charge on any atom is -0.372 e. The molecule has 6 nitrogen and oxygen atoms in total. The van der Waals surface area contributed by atoms with E-state index in [0.717, 1.165) is 19.0 Å². The van der Waals surface area contributed by atoms with E-state index in [9.17, 15) is 4.79 Å². The monoisotopic (exact) mass is 387 g/mol. The van der Waals surface area contributed by atoms with Crippen molar-refractivity contribution >= 4 is 17.6 Å². The molecule has 0 bridgehead atoms. The molecule has 1 aromatic rings. The number of carbonyl (C=O) groups is 1. The van der Waals surface area contributed by atoms with Crippen molar-refractivity contribution in [2.45, 2.75) is 52.6 Å². The molecule has 1 aliphatic rings. The first-order valence-corrected chi connectivity index (χ1v) is 10.2. The largest absolute Gasteiger partial charge is 0.372 e. The predicted octanol–water partition coefficient (Wildman–Crippen LogP) is 2.84. The number of hydrogen-bond acceptors (Lipinski definition) is 3. The number of rotatable bonds is 5. The Morgan fingerprint density at radius 3 is 2.36 bits per heavy atom. The Morgan fingerprint density at radius 2 is 1.82 bits per heavy atom. The summed E-state index contributed by atoms with van der Waals surface area (Å²) in [5.74, 6) is 1.53.